The van der Waals surface area contributed by atoms with E-state index in [4.69, 9.17) is 11.6 Å². The number of hydrogen-bond acceptors (Lipinski definition) is 1. The SMILES string of the molecule is CN(CCCCl)Cc1ccc(F)cc1F. The maximum absolute atomic E-state index is 13.2. The molecule has 0 saturated heterocycles. The van der Waals surface area contributed by atoms with Gasteiger partial charge in [0.1, 0.15) is 11.6 Å². The van der Waals surface area contributed by atoms with Crippen LogP contribution in [0.3, 0.4) is 0 Å². The Morgan fingerprint density at radius 3 is 2.67 bits per heavy atom. The predicted molar refractivity (Wildman–Crippen MR) is 58.0 cm³/mol. The van der Waals surface area contributed by atoms with Gasteiger partial charge in [0.05, 0.1) is 0 Å². The van der Waals surface area contributed by atoms with Gasteiger partial charge in [-0.2, -0.15) is 0 Å². The summed E-state index contributed by atoms with van der Waals surface area (Å²) in [7, 11) is 1.88. The van der Waals surface area contributed by atoms with E-state index in [1.165, 1.54) is 12.1 Å². The summed E-state index contributed by atoms with van der Waals surface area (Å²) < 4.78 is 25.9. The fraction of sp³-hybridized carbons (Fsp3) is 0.455. The van der Waals surface area contributed by atoms with Gasteiger partial charge in [0.15, 0.2) is 0 Å². The Morgan fingerprint density at radius 2 is 2.07 bits per heavy atom. The summed E-state index contributed by atoms with van der Waals surface area (Å²) in [6.45, 7) is 1.28. The monoisotopic (exact) mass is 233 g/mol. The van der Waals surface area contributed by atoms with Crippen molar-refractivity contribution in [2.24, 2.45) is 0 Å². The molecule has 1 aromatic carbocycles. The minimum Gasteiger partial charge on any atom is -0.302 e. The van der Waals surface area contributed by atoms with Crippen molar-refractivity contribution in [2.45, 2.75) is 13.0 Å². The molecule has 1 nitrogen and oxygen atoms in total. The van der Waals surface area contributed by atoms with Gasteiger partial charge in [-0.05, 0) is 26.1 Å². The number of rotatable bonds is 5. The van der Waals surface area contributed by atoms with Gasteiger partial charge in [0.2, 0.25) is 0 Å². The van der Waals surface area contributed by atoms with Crippen molar-refractivity contribution in [1.29, 1.82) is 0 Å². The molecule has 0 aliphatic carbocycles. The summed E-state index contributed by atoms with van der Waals surface area (Å²) in [6, 6.07) is 3.65. The summed E-state index contributed by atoms with van der Waals surface area (Å²) in [5.41, 5.74) is 0.508. The molecule has 0 unspecified atom stereocenters. The van der Waals surface area contributed by atoms with Crippen LogP contribution in [0.2, 0.25) is 0 Å². The molecule has 0 bridgehead atoms. The lowest BCUT2D eigenvalue weighted by Gasteiger charge is -2.16. The second-order valence-corrected chi connectivity index (χ2v) is 3.89. The molecule has 1 rings (SSSR count). The fourth-order valence-electron chi connectivity index (χ4n) is 1.35. The van der Waals surface area contributed by atoms with Crippen molar-refractivity contribution in [3.63, 3.8) is 0 Å². The van der Waals surface area contributed by atoms with Crippen LogP contribution in [0.15, 0.2) is 18.2 Å². The first-order valence-electron chi connectivity index (χ1n) is 4.82. The zero-order valence-corrected chi connectivity index (χ0v) is 9.40. The molecular weight excluding hydrogens is 220 g/mol. The largest absolute Gasteiger partial charge is 0.302 e. The van der Waals surface area contributed by atoms with Gasteiger partial charge < -0.3 is 4.90 Å². The van der Waals surface area contributed by atoms with E-state index in [-0.39, 0.29) is 0 Å². The Morgan fingerprint density at radius 1 is 1.33 bits per heavy atom. The third-order valence-corrected chi connectivity index (χ3v) is 2.40. The standard InChI is InChI=1S/C11H14ClF2N/c1-15(6-2-5-12)8-9-3-4-10(13)7-11(9)14/h3-4,7H,2,5-6,8H2,1H3. The lowest BCUT2D eigenvalue weighted by Crippen LogP contribution is -2.20. The average Bonchev–Trinajstić information content (AvgIpc) is 2.19. The molecule has 0 radical (unpaired) electrons. The number of alkyl halides is 1. The molecule has 0 heterocycles. The fourth-order valence-corrected chi connectivity index (χ4v) is 1.47. The van der Waals surface area contributed by atoms with Crippen LogP contribution in [0, 0.1) is 11.6 Å². The van der Waals surface area contributed by atoms with Crippen molar-refractivity contribution in [3.05, 3.63) is 35.4 Å². The molecule has 0 aliphatic rings. The van der Waals surface area contributed by atoms with Crippen LogP contribution in [0.5, 0.6) is 0 Å². The summed E-state index contributed by atoms with van der Waals surface area (Å²) in [6.07, 6.45) is 0.862. The molecule has 0 amide bonds. The van der Waals surface area contributed by atoms with Gasteiger partial charge in [0.25, 0.3) is 0 Å². The van der Waals surface area contributed by atoms with Crippen molar-refractivity contribution in [3.8, 4) is 0 Å². The summed E-state index contributed by atoms with van der Waals surface area (Å²) in [4.78, 5) is 1.96. The Bertz CT molecular complexity index is 317. The van der Waals surface area contributed by atoms with Gasteiger partial charge in [0, 0.05) is 24.1 Å². The molecular formula is C11H14ClF2N. The van der Waals surface area contributed by atoms with Crippen molar-refractivity contribution in [1.82, 2.24) is 4.90 Å². The highest BCUT2D eigenvalue weighted by atomic mass is 35.5. The summed E-state index contributed by atoms with van der Waals surface area (Å²) in [5.74, 6) is -0.441. The Labute approximate surface area is 93.7 Å². The van der Waals surface area contributed by atoms with Crippen LogP contribution in [0.1, 0.15) is 12.0 Å². The Kier molecular flexibility index (Phi) is 4.99. The van der Waals surface area contributed by atoms with Crippen molar-refractivity contribution < 1.29 is 8.78 Å². The average molecular weight is 234 g/mol. The van der Waals surface area contributed by atoms with Crippen LogP contribution < -0.4 is 0 Å². The normalized spacial score (nSPS) is 11.0. The van der Waals surface area contributed by atoms with Gasteiger partial charge in [-0.1, -0.05) is 6.07 Å². The molecule has 0 aromatic heterocycles. The highest BCUT2D eigenvalue weighted by Crippen LogP contribution is 2.11. The highest BCUT2D eigenvalue weighted by molar-refractivity contribution is 6.17. The zero-order valence-electron chi connectivity index (χ0n) is 8.64. The summed E-state index contributed by atoms with van der Waals surface area (Å²) >= 11 is 5.55. The van der Waals surface area contributed by atoms with Crippen molar-refractivity contribution in [2.75, 3.05) is 19.5 Å². The first-order valence-corrected chi connectivity index (χ1v) is 5.35. The molecule has 15 heavy (non-hydrogen) atoms. The van der Waals surface area contributed by atoms with E-state index >= 15 is 0 Å². The van der Waals surface area contributed by atoms with E-state index in [9.17, 15) is 8.78 Å². The molecule has 1 aromatic rings. The second-order valence-electron chi connectivity index (χ2n) is 3.52. The van der Waals surface area contributed by atoms with Gasteiger partial charge in [-0.25, -0.2) is 8.78 Å². The molecule has 0 atom stereocenters. The van der Waals surface area contributed by atoms with Crippen LogP contribution >= 0.6 is 11.6 Å². The lowest BCUT2D eigenvalue weighted by molar-refractivity contribution is 0.322. The van der Waals surface area contributed by atoms with Gasteiger partial charge in [-0.3, -0.25) is 0 Å². The Hall–Kier alpha value is -0.670. The minimum absolute atomic E-state index is 0.475. The zero-order chi connectivity index (χ0) is 11.3. The first kappa shape index (κ1) is 12.4. The Balaban J connectivity index is 2.56. The first-order chi connectivity index (χ1) is 7.13. The van der Waals surface area contributed by atoms with Crippen LogP contribution in [-0.4, -0.2) is 24.4 Å². The minimum atomic E-state index is -0.542. The quantitative estimate of drug-likeness (QED) is 0.707. The number of hydrogen-bond donors (Lipinski definition) is 0. The van der Waals surface area contributed by atoms with E-state index in [0.717, 1.165) is 19.0 Å². The van der Waals surface area contributed by atoms with Crippen molar-refractivity contribution >= 4 is 11.6 Å². The summed E-state index contributed by atoms with van der Waals surface area (Å²) in [5, 5.41) is 0. The lowest BCUT2D eigenvalue weighted by atomic mass is 10.2. The maximum atomic E-state index is 13.2. The molecule has 84 valence electrons. The van der Waals surface area contributed by atoms with Gasteiger partial charge in [-0.15, -0.1) is 11.6 Å². The number of benzene rings is 1. The van der Waals surface area contributed by atoms with E-state index in [1.54, 1.807) is 0 Å². The number of halogens is 3. The molecule has 0 fully saturated rings. The third kappa shape index (κ3) is 4.14. The van der Waals surface area contributed by atoms with E-state index in [2.05, 4.69) is 0 Å². The molecule has 0 N–H and O–H groups in total. The van der Waals surface area contributed by atoms with Crippen LogP contribution in [0.25, 0.3) is 0 Å². The molecule has 0 spiro atoms. The van der Waals surface area contributed by atoms with Crippen LogP contribution in [-0.2, 0) is 6.54 Å². The predicted octanol–water partition coefficient (Wildman–Crippen LogP) is 3.03. The van der Waals surface area contributed by atoms with Crippen LogP contribution in [0.4, 0.5) is 8.78 Å². The molecule has 0 aliphatic heterocycles. The van der Waals surface area contributed by atoms with Gasteiger partial charge >= 0.3 is 0 Å². The molecule has 0 saturated carbocycles. The third-order valence-electron chi connectivity index (χ3n) is 2.13. The topological polar surface area (TPSA) is 3.24 Å². The van der Waals surface area contributed by atoms with E-state index in [1.807, 2.05) is 11.9 Å². The molecule has 4 heteroatoms. The highest BCUT2D eigenvalue weighted by Gasteiger charge is 2.06. The van der Waals surface area contributed by atoms with E-state index < -0.39 is 11.6 Å². The maximum Gasteiger partial charge on any atom is 0.130 e. The number of nitrogens with zero attached hydrogens (tertiary/aromatic N) is 1. The second kappa shape index (κ2) is 6.03. The van der Waals surface area contributed by atoms with E-state index in [0.29, 0.717) is 18.0 Å². The smallest absolute Gasteiger partial charge is 0.130 e.